The third-order valence-corrected chi connectivity index (χ3v) is 2.60. The van der Waals surface area contributed by atoms with Crippen molar-refractivity contribution in [1.82, 2.24) is 25.8 Å². The van der Waals surface area contributed by atoms with E-state index in [0.717, 1.165) is 17.8 Å². The highest BCUT2D eigenvalue weighted by Crippen LogP contribution is 2.22. The second-order valence-electron chi connectivity index (χ2n) is 4.90. The predicted molar refractivity (Wildman–Crippen MR) is 85.7 cm³/mol. The van der Waals surface area contributed by atoms with Gasteiger partial charge in [0.15, 0.2) is 11.5 Å². The number of aromatic nitrogens is 3. The molecule has 2 aromatic rings. The van der Waals surface area contributed by atoms with Gasteiger partial charge in [0.05, 0.1) is 5.39 Å². The van der Waals surface area contributed by atoms with E-state index in [4.69, 9.17) is 0 Å². The molecule has 21 heavy (non-hydrogen) atoms. The van der Waals surface area contributed by atoms with Crippen molar-refractivity contribution in [1.29, 1.82) is 0 Å². The molecule has 0 aliphatic heterocycles. The van der Waals surface area contributed by atoms with E-state index in [1.807, 2.05) is 39.8 Å². The summed E-state index contributed by atoms with van der Waals surface area (Å²) in [6.07, 6.45) is 1.71. The number of hydrogen-bond acceptors (Lipinski definition) is 6. The lowest BCUT2D eigenvalue weighted by Gasteiger charge is -2.11. The summed E-state index contributed by atoms with van der Waals surface area (Å²) in [5.41, 5.74) is 6.77. The number of aliphatic imine (C=N–C) groups is 1. The molecule has 7 heteroatoms. The Balaban J connectivity index is 2.38. The number of pyridine rings is 1. The Morgan fingerprint density at radius 2 is 2.14 bits per heavy atom. The highest BCUT2D eigenvalue weighted by atomic mass is 15.4. The fraction of sp³-hybridized carbons (Fsp3) is 0.429. The average molecular weight is 287 g/mol. The Morgan fingerprint density at radius 3 is 2.86 bits per heavy atom. The first-order chi connectivity index (χ1) is 10.1. The van der Waals surface area contributed by atoms with Gasteiger partial charge < -0.3 is 10.7 Å². The molecular formula is C14H21N7. The molecule has 0 amide bonds. The molecule has 2 heterocycles. The SMILES string of the molecule is CCNc1nc(N=C(C)NNC(C)C)c2cccnc2n1. The van der Waals surface area contributed by atoms with E-state index in [1.165, 1.54) is 0 Å². The van der Waals surface area contributed by atoms with Crippen LogP contribution in [0, 0.1) is 0 Å². The van der Waals surface area contributed by atoms with Gasteiger partial charge in [-0.25, -0.2) is 15.4 Å². The Labute approximate surface area is 124 Å². The predicted octanol–water partition coefficient (Wildman–Crippen LogP) is 2.01. The lowest BCUT2D eigenvalue weighted by Crippen LogP contribution is -2.40. The lowest BCUT2D eigenvalue weighted by atomic mass is 10.3. The Kier molecular flexibility index (Phi) is 4.99. The molecule has 3 N–H and O–H groups in total. The summed E-state index contributed by atoms with van der Waals surface area (Å²) in [4.78, 5) is 17.6. The van der Waals surface area contributed by atoms with Crippen LogP contribution in [0.15, 0.2) is 23.3 Å². The van der Waals surface area contributed by atoms with Gasteiger partial charge in [0.2, 0.25) is 5.95 Å². The number of fused-ring (bicyclic) bond motifs is 1. The van der Waals surface area contributed by atoms with Crippen LogP contribution in [-0.4, -0.2) is 33.4 Å². The fourth-order valence-electron chi connectivity index (χ4n) is 1.70. The first-order valence-corrected chi connectivity index (χ1v) is 7.03. The van der Waals surface area contributed by atoms with Crippen molar-refractivity contribution in [2.75, 3.05) is 11.9 Å². The quantitative estimate of drug-likeness (QED) is 0.443. The second kappa shape index (κ2) is 6.94. The number of amidine groups is 1. The minimum absolute atomic E-state index is 0.316. The molecule has 0 spiro atoms. The zero-order valence-electron chi connectivity index (χ0n) is 12.8. The molecule has 0 bridgehead atoms. The largest absolute Gasteiger partial charge is 0.354 e. The van der Waals surface area contributed by atoms with Crippen LogP contribution in [0.1, 0.15) is 27.7 Å². The van der Waals surface area contributed by atoms with E-state index in [0.29, 0.717) is 23.5 Å². The highest BCUT2D eigenvalue weighted by Gasteiger charge is 2.07. The minimum atomic E-state index is 0.316. The molecule has 0 aliphatic carbocycles. The maximum absolute atomic E-state index is 4.51. The van der Waals surface area contributed by atoms with Crippen LogP contribution in [0.5, 0.6) is 0 Å². The molecule has 0 atom stereocenters. The van der Waals surface area contributed by atoms with Gasteiger partial charge in [-0.3, -0.25) is 0 Å². The van der Waals surface area contributed by atoms with Crippen LogP contribution in [0.3, 0.4) is 0 Å². The highest BCUT2D eigenvalue weighted by molar-refractivity contribution is 5.90. The molecule has 0 saturated heterocycles. The number of rotatable bonds is 5. The van der Waals surface area contributed by atoms with Crippen LogP contribution in [0.2, 0.25) is 0 Å². The van der Waals surface area contributed by atoms with Crippen LogP contribution >= 0.6 is 0 Å². The Morgan fingerprint density at radius 1 is 1.33 bits per heavy atom. The van der Waals surface area contributed by atoms with Crippen molar-refractivity contribution in [3.63, 3.8) is 0 Å². The van der Waals surface area contributed by atoms with Crippen molar-refractivity contribution >= 4 is 28.6 Å². The number of hydrazine groups is 1. The molecule has 0 radical (unpaired) electrons. The van der Waals surface area contributed by atoms with E-state index in [-0.39, 0.29) is 0 Å². The summed E-state index contributed by atoms with van der Waals surface area (Å²) in [7, 11) is 0. The standard InChI is InChI=1S/C14H21N7/c1-5-15-14-18-12-11(7-6-8-16-12)13(19-14)17-10(4)21-20-9(2)3/h6-9,20H,5H2,1-4H3,(H2,15,16,17,18,19,21). The molecule has 2 aromatic heterocycles. The van der Waals surface area contributed by atoms with Crippen LogP contribution in [0.4, 0.5) is 11.8 Å². The fourth-order valence-corrected chi connectivity index (χ4v) is 1.70. The summed E-state index contributed by atoms with van der Waals surface area (Å²) in [5.74, 6) is 1.86. The summed E-state index contributed by atoms with van der Waals surface area (Å²) in [6, 6.07) is 4.09. The zero-order valence-corrected chi connectivity index (χ0v) is 12.8. The van der Waals surface area contributed by atoms with Gasteiger partial charge in [0, 0.05) is 18.8 Å². The van der Waals surface area contributed by atoms with Crippen LogP contribution < -0.4 is 16.2 Å². The molecule has 2 rings (SSSR count). The normalized spacial score (nSPS) is 12.0. The number of nitrogens with one attached hydrogen (secondary N) is 3. The third-order valence-electron chi connectivity index (χ3n) is 2.60. The van der Waals surface area contributed by atoms with Crippen LogP contribution in [0.25, 0.3) is 11.0 Å². The maximum Gasteiger partial charge on any atom is 0.226 e. The smallest absolute Gasteiger partial charge is 0.226 e. The van der Waals surface area contributed by atoms with Crippen molar-refractivity contribution in [3.8, 4) is 0 Å². The molecule has 0 fully saturated rings. The van der Waals surface area contributed by atoms with E-state index < -0.39 is 0 Å². The van der Waals surface area contributed by atoms with Crippen molar-refractivity contribution < 1.29 is 0 Å². The number of hydrogen-bond donors (Lipinski definition) is 3. The van der Waals surface area contributed by atoms with E-state index in [2.05, 4.69) is 36.1 Å². The summed E-state index contributed by atoms with van der Waals surface area (Å²) in [6.45, 7) is 8.72. The Hall–Kier alpha value is -2.28. The Bertz CT molecular complexity index is 636. The summed E-state index contributed by atoms with van der Waals surface area (Å²) >= 11 is 0. The van der Waals surface area contributed by atoms with Gasteiger partial charge in [-0.1, -0.05) is 0 Å². The zero-order chi connectivity index (χ0) is 15.2. The van der Waals surface area contributed by atoms with Crippen LogP contribution in [-0.2, 0) is 0 Å². The third kappa shape index (κ3) is 4.09. The van der Waals surface area contributed by atoms with E-state index in [9.17, 15) is 0 Å². The number of nitrogens with zero attached hydrogens (tertiary/aromatic N) is 4. The summed E-state index contributed by atoms with van der Waals surface area (Å²) in [5, 5.41) is 3.92. The first kappa shape index (κ1) is 15.1. The van der Waals surface area contributed by atoms with E-state index in [1.54, 1.807) is 6.20 Å². The van der Waals surface area contributed by atoms with Gasteiger partial charge in [-0.2, -0.15) is 9.97 Å². The molecule has 0 aliphatic rings. The maximum atomic E-state index is 4.51. The lowest BCUT2D eigenvalue weighted by molar-refractivity contribution is 0.557. The first-order valence-electron chi connectivity index (χ1n) is 7.03. The molecule has 0 aromatic carbocycles. The monoisotopic (exact) mass is 287 g/mol. The minimum Gasteiger partial charge on any atom is -0.354 e. The molecule has 7 nitrogen and oxygen atoms in total. The molecule has 0 saturated carbocycles. The van der Waals surface area contributed by atoms with Gasteiger partial charge in [0.1, 0.15) is 5.84 Å². The molecule has 112 valence electrons. The van der Waals surface area contributed by atoms with Gasteiger partial charge in [-0.15, -0.1) is 0 Å². The van der Waals surface area contributed by atoms with E-state index >= 15 is 0 Å². The second-order valence-corrected chi connectivity index (χ2v) is 4.90. The topological polar surface area (TPSA) is 87.1 Å². The van der Waals surface area contributed by atoms with Crippen molar-refractivity contribution in [2.45, 2.75) is 33.7 Å². The molecule has 0 unspecified atom stereocenters. The summed E-state index contributed by atoms with van der Waals surface area (Å²) < 4.78 is 0. The number of anilines is 1. The molecular weight excluding hydrogens is 266 g/mol. The van der Waals surface area contributed by atoms with Crippen molar-refractivity contribution in [2.24, 2.45) is 4.99 Å². The average Bonchev–Trinajstić information content (AvgIpc) is 2.45. The van der Waals surface area contributed by atoms with Gasteiger partial charge in [0.25, 0.3) is 0 Å². The van der Waals surface area contributed by atoms with Gasteiger partial charge >= 0.3 is 0 Å². The van der Waals surface area contributed by atoms with Gasteiger partial charge in [-0.05, 0) is 39.8 Å². The van der Waals surface area contributed by atoms with Crippen molar-refractivity contribution in [3.05, 3.63) is 18.3 Å².